The van der Waals surface area contributed by atoms with Crippen LogP contribution in [-0.4, -0.2) is 23.3 Å². The zero-order valence-electron chi connectivity index (χ0n) is 28.0. The van der Waals surface area contributed by atoms with Gasteiger partial charge in [-0.15, -0.1) is 0 Å². The average molecular weight is 561 g/mol. The molecule has 0 fully saturated rings. The van der Waals surface area contributed by atoms with Crippen LogP contribution in [0.25, 0.3) is 0 Å². The molecule has 4 heteroatoms. The summed E-state index contributed by atoms with van der Waals surface area (Å²) in [4.78, 5) is 10.2. The first-order valence-electron chi connectivity index (χ1n) is 16.4. The van der Waals surface area contributed by atoms with Gasteiger partial charge in [-0.1, -0.05) is 92.4 Å². The number of unbranched alkanes of at least 4 members (excludes halogenated alkanes) is 2. The highest BCUT2D eigenvalue weighted by Crippen LogP contribution is 2.44. The number of phenolic OH excluding ortho intramolecular Hbond substituents is 1. The third kappa shape index (κ3) is 13.3. The van der Waals surface area contributed by atoms with Crippen molar-refractivity contribution in [2.24, 2.45) is 17.8 Å². The average Bonchev–Trinajstić information content (AvgIpc) is 2.88. The Morgan fingerprint density at radius 2 is 1.45 bits per heavy atom. The van der Waals surface area contributed by atoms with Crippen molar-refractivity contribution in [1.29, 1.82) is 0 Å². The molecule has 1 heterocycles. The van der Waals surface area contributed by atoms with Gasteiger partial charge in [0.1, 0.15) is 17.1 Å². The van der Waals surface area contributed by atoms with Crippen LogP contribution < -0.4 is 4.74 Å². The molecule has 40 heavy (non-hydrogen) atoms. The standard InChI is InChI=1S/C29H50O2.C7H14O2/c1-20(2)12-9-13-21(3)14-10-15-22(4)16-11-18-29(8)19-17-26-25(7)27(30)23(5)24(6)28(26)31-29;1-3-4-5-6-9-7(2)8/h20-22,30H,9-19H2,1-8H3;3-6H2,1-2H3/t21?,22?,29-;/m1./s1. The lowest BCUT2D eigenvalue weighted by Crippen LogP contribution is -2.37. The van der Waals surface area contributed by atoms with Crippen molar-refractivity contribution in [2.45, 2.75) is 165 Å². The van der Waals surface area contributed by atoms with E-state index in [0.29, 0.717) is 12.4 Å². The molecule has 0 bridgehead atoms. The molecule has 0 aliphatic carbocycles. The van der Waals surface area contributed by atoms with Crippen LogP contribution in [-0.2, 0) is 16.0 Å². The lowest BCUT2D eigenvalue weighted by molar-refractivity contribution is -0.141. The first-order chi connectivity index (χ1) is 18.8. The number of carbonyl (C=O) groups excluding carboxylic acids is 1. The number of ether oxygens (including phenoxy) is 2. The Kier molecular flexibility index (Phi) is 16.9. The summed E-state index contributed by atoms with van der Waals surface area (Å²) >= 11 is 0. The van der Waals surface area contributed by atoms with E-state index in [1.54, 1.807) is 0 Å². The Balaban J connectivity index is 0.000000763. The van der Waals surface area contributed by atoms with E-state index in [1.807, 2.05) is 13.8 Å². The molecule has 0 saturated carbocycles. The lowest BCUT2D eigenvalue weighted by Gasteiger charge is -2.38. The molecule has 0 spiro atoms. The Labute approximate surface area is 248 Å². The summed E-state index contributed by atoms with van der Waals surface area (Å²) in [7, 11) is 0. The third-order valence-electron chi connectivity index (χ3n) is 8.92. The van der Waals surface area contributed by atoms with Gasteiger partial charge < -0.3 is 14.6 Å². The van der Waals surface area contributed by atoms with Gasteiger partial charge in [-0.3, -0.25) is 4.79 Å². The van der Waals surface area contributed by atoms with Crippen molar-refractivity contribution in [3.63, 3.8) is 0 Å². The fourth-order valence-corrected chi connectivity index (χ4v) is 5.84. The SMILES string of the molecule is CCCCCOC(C)=O.Cc1c(C)c2c(c(C)c1O)CC[C@@](C)(CCCC(C)CCCC(C)CCCC(C)C)O2. The van der Waals surface area contributed by atoms with E-state index in [4.69, 9.17) is 9.47 Å². The zero-order chi connectivity index (χ0) is 30.3. The van der Waals surface area contributed by atoms with Gasteiger partial charge in [0.05, 0.1) is 6.61 Å². The first-order valence-corrected chi connectivity index (χ1v) is 16.4. The number of esters is 1. The number of aromatic hydroxyl groups is 1. The van der Waals surface area contributed by atoms with Gasteiger partial charge in [0.15, 0.2) is 0 Å². The second-order valence-electron chi connectivity index (χ2n) is 13.5. The molecule has 232 valence electrons. The minimum atomic E-state index is -0.175. The number of hydrogen-bond acceptors (Lipinski definition) is 4. The van der Waals surface area contributed by atoms with E-state index >= 15 is 0 Å². The number of benzene rings is 1. The topological polar surface area (TPSA) is 55.8 Å². The van der Waals surface area contributed by atoms with Crippen LogP contribution in [0.15, 0.2) is 0 Å². The quantitative estimate of drug-likeness (QED) is 0.161. The van der Waals surface area contributed by atoms with E-state index in [9.17, 15) is 9.90 Å². The number of hydrogen-bond donors (Lipinski definition) is 1. The van der Waals surface area contributed by atoms with Crippen molar-refractivity contribution >= 4 is 5.97 Å². The van der Waals surface area contributed by atoms with Crippen LogP contribution in [0.4, 0.5) is 0 Å². The maximum atomic E-state index is 10.4. The van der Waals surface area contributed by atoms with Crippen molar-refractivity contribution in [2.75, 3.05) is 6.61 Å². The highest BCUT2D eigenvalue weighted by atomic mass is 16.5. The van der Waals surface area contributed by atoms with Crippen LogP contribution in [0.3, 0.4) is 0 Å². The number of rotatable bonds is 16. The summed E-state index contributed by atoms with van der Waals surface area (Å²) in [5, 5.41) is 10.4. The Morgan fingerprint density at radius 1 is 0.875 bits per heavy atom. The zero-order valence-corrected chi connectivity index (χ0v) is 28.0. The van der Waals surface area contributed by atoms with Gasteiger partial charge in [0.25, 0.3) is 0 Å². The summed E-state index contributed by atoms with van der Waals surface area (Å²) in [5.41, 5.74) is 4.23. The van der Waals surface area contributed by atoms with Crippen LogP contribution in [0.2, 0.25) is 0 Å². The predicted molar refractivity (Wildman–Crippen MR) is 171 cm³/mol. The molecule has 1 aromatic carbocycles. The molecule has 1 N–H and O–H groups in total. The smallest absolute Gasteiger partial charge is 0.302 e. The third-order valence-corrected chi connectivity index (χ3v) is 8.92. The minimum absolute atomic E-state index is 0.0712. The monoisotopic (exact) mass is 560 g/mol. The summed E-state index contributed by atoms with van der Waals surface area (Å²) in [6, 6.07) is 0. The molecule has 1 aliphatic rings. The molecule has 3 atom stereocenters. The second kappa shape index (κ2) is 18.7. The van der Waals surface area contributed by atoms with Gasteiger partial charge >= 0.3 is 5.97 Å². The van der Waals surface area contributed by atoms with Gasteiger partial charge in [-0.25, -0.2) is 0 Å². The van der Waals surface area contributed by atoms with Gasteiger partial charge in [0, 0.05) is 12.5 Å². The summed E-state index contributed by atoms with van der Waals surface area (Å²) in [6.45, 7) is 22.1. The highest BCUT2D eigenvalue weighted by molar-refractivity contribution is 5.65. The van der Waals surface area contributed by atoms with Gasteiger partial charge in [-0.05, 0) is 94.2 Å². The molecule has 4 nitrogen and oxygen atoms in total. The summed E-state index contributed by atoms with van der Waals surface area (Å²) in [6.07, 6.45) is 17.4. The molecule has 0 amide bonds. The molecular formula is C36H64O4. The van der Waals surface area contributed by atoms with Crippen molar-refractivity contribution < 1.29 is 19.4 Å². The highest BCUT2D eigenvalue weighted by Gasteiger charge is 2.34. The van der Waals surface area contributed by atoms with Crippen LogP contribution in [0.1, 0.15) is 154 Å². The van der Waals surface area contributed by atoms with Crippen LogP contribution in [0.5, 0.6) is 11.5 Å². The molecule has 1 aromatic rings. The van der Waals surface area contributed by atoms with Gasteiger partial charge in [0.2, 0.25) is 0 Å². The fraction of sp³-hybridized carbons (Fsp3) is 0.806. The van der Waals surface area contributed by atoms with Crippen molar-refractivity contribution in [3.8, 4) is 11.5 Å². The van der Waals surface area contributed by atoms with E-state index in [-0.39, 0.29) is 11.6 Å². The first kappa shape index (κ1) is 36.3. The van der Waals surface area contributed by atoms with E-state index in [1.165, 1.54) is 70.3 Å². The Morgan fingerprint density at radius 3 is 2.00 bits per heavy atom. The Hall–Kier alpha value is -1.71. The van der Waals surface area contributed by atoms with Gasteiger partial charge in [-0.2, -0.15) is 0 Å². The maximum absolute atomic E-state index is 10.4. The number of carbonyl (C=O) groups is 1. The van der Waals surface area contributed by atoms with E-state index < -0.39 is 0 Å². The maximum Gasteiger partial charge on any atom is 0.302 e. The lowest BCUT2D eigenvalue weighted by atomic mass is 9.84. The second-order valence-corrected chi connectivity index (χ2v) is 13.5. The molecule has 2 rings (SSSR count). The van der Waals surface area contributed by atoms with E-state index in [0.717, 1.165) is 72.3 Å². The molecule has 1 aliphatic heterocycles. The predicted octanol–water partition coefficient (Wildman–Crippen LogP) is 10.6. The molecule has 2 unspecified atom stereocenters. The largest absolute Gasteiger partial charge is 0.507 e. The number of phenols is 1. The molecule has 0 radical (unpaired) electrons. The molecule has 0 aromatic heterocycles. The van der Waals surface area contributed by atoms with Crippen molar-refractivity contribution in [3.05, 3.63) is 22.3 Å². The van der Waals surface area contributed by atoms with E-state index in [2.05, 4.69) is 48.5 Å². The molecule has 0 saturated heterocycles. The normalized spacial score (nSPS) is 17.9. The Bertz CT molecular complexity index is 874. The summed E-state index contributed by atoms with van der Waals surface area (Å²) in [5.74, 6) is 3.86. The van der Waals surface area contributed by atoms with Crippen LogP contribution >= 0.6 is 0 Å². The van der Waals surface area contributed by atoms with Crippen molar-refractivity contribution in [1.82, 2.24) is 0 Å². The summed E-state index contributed by atoms with van der Waals surface area (Å²) < 4.78 is 11.3. The fourth-order valence-electron chi connectivity index (χ4n) is 5.84. The van der Waals surface area contributed by atoms with Crippen LogP contribution in [0, 0.1) is 38.5 Å². The number of fused-ring (bicyclic) bond motifs is 1. The molecular weight excluding hydrogens is 496 g/mol. The minimum Gasteiger partial charge on any atom is -0.507 e.